The predicted octanol–water partition coefficient (Wildman–Crippen LogP) is 0.938. The molecule has 1 aliphatic rings. The number of aliphatic carboxylic acids is 1. The molecule has 1 atom stereocenters. The Morgan fingerprint density at radius 3 is 2.75 bits per heavy atom. The molecule has 1 aromatic rings. The van der Waals surface area contributed by atoms with E-state index in [9.17, 15) is 14.4 Å². The third kappa shape index (κ3) is 5.04. The van der Waals surface area contributed by atoms with Gasteiger partial charge in [-0.1, -0.05) is 6.07 Å². The summed E-state index contributed by atoms with van der Waals surface area (Å²) >= 11 is 0. The second-order valence-electron chi connectivity index (χ2n) is 6.04. The molecule has 0 saturated carbocycles. The lowest BCUT2D eigenvalue weighted by molar-refractivity contribution is -0.145. The van der Waals surface area contributed by atoms with E-state index in [4.69, 9.17) is 5.11 Å². The molecule has 0 radical (unpaired) electrons. The van der Waals surface area contributed by atoms with Crippen LogP contribution >= 0.6 is 0 Å². The van der Waals surface area contributed by atoms with Gasteiger partial charge in [-0.15, -0.1) is 0 Å². The Morgan fingerprint density at radius 2 is 2.12 bits per heavy atom. The van der Waals surface area contributed by atoms with Gasteiger partial charge in [0.15, 0.2) is 0 Å². The van der Waals surface area contributed by atoms with Crippen molar-refractivity contribution in [2.75, 3.05) is 19.6 Å². The Labute approximate surface area is 141 Å². The number of carboxylic acids is 1. The number of carbonyl (C=O) groups excluding carboxylic acids is 2. The van der Waals surface area contributed by atoms with Gasteiger partial charge < -0.3 is 14.9 Å². The lowest BCUT2D eigenvalue weighted by atomic mass is 10.1. The number of pyridine rings is 1. The van der Waals surface area contributed by atoms with Gasteiger partial charge in [0.2, 0.25) is 11.8 Å². The molecule has 1 aromatic heterocycles. The number of likely N-dealkylation sites (tertiary alicyclic amines) is 1. The number of hydrogen-bond donors (Lipinski definition) is 1. The van der Waals surface area contributed by atoms with Gasteiger partial charge in [-0.3, -0.25) is 19.4 Å². The molecule has 0 bridgehead atoms. The second kappa shape index (κ2) is 8.42. The molecule has 1 unspecified atom stereocenters. The van der Waals surface area contributed by atoms with Crippen LogP contribution in [0.1, 0.15) is 31.7 Å². The minimum atomic E-state index is -1.01. The monoisotopic (exact) mass is 333 g/mol. The number of carbonyl (C=O) groups is 3. The highest BCUT2D eigenvalue weighted by molar-refractivity contribution is 5.80. The van der Waals surface area contributed by atoms with E-state index < -0.39 is 5.97 Å². The van der Waals surface area contributed by atoms with Crippen LogP contribution in [0, 0.1) is 0 Å². The van der Waals surface area contributed by atoms with Crippen molar-refractivity contribution in [1.82, 2.24) is 14.8 Å². The molecular weight excluding hydrogens is 310 g/mol. The van der Waals surface area contributed by atoms with Gasteiger partial charge in [-0.25, -0.2) is 0 Å². The molecule has 2 amide bonds. The van der Waals surface area contributed by atoms with Crippen LogP contribution < -0.4 is 0 Å². The molecule has 2 rings (SSSR count). The maximum atomic E-state index is 12.4. The van der Waals surface area contributed by atoms with Gasteiger partial charge in [0.25, 0.3) is 0 Å². The predicted molar refractivity (Wildman–Crippen MR) is 87.2 cm³/mol. The van der Waals surface area contributed by atoms with Crippen LogP contribution in [0.3, 0.4) is 0 Å². The summed E-state index contributed by atoms with van der Waals surface area (Å²) in [7, 11) is 0. The molecule has 1 aliphatic heterocycles. The first-order valence-electron chi connectivity index (χ1n) is 8.13. The van der Waals surface area contributed by atoms with E-state index in [1.165, 1.54) is 11.8 Å². The molecule has 7 heteroatoms. The van der Waals surface area contributed by atoms with Crippen molar-refractivity contribution in [2.45, 2.75) is 38.6 Å². The van der Waals surface area contributed by atoms with E-state index in [1.807, 2.05) is 6.07 Å². The van der Waals surface area contributed by atoms with Gasteiger partial charge in [0, 0.05) is 38.4 Å². The number of hydrogen-bond acceptors (Lipinski definition) is 4. The Morgan fingerprint density at radius 1 is 1.33 bits per heavy atom. The minimum absolute atomic E-state index is 0.0382. The summed E-state index contributed by atoms with van der Waals surface area (Å²) in [6, 6.07) is 3.54. The number of carboxylic acid groups (broad SMARTS) is 1. The van der Waals surface area contributed by atoms with E-state index in [1.54, 1.807) is 23.4 Å². The zero-order valence-electron chi connectivity index (χ0n) is 13.9. The third-order valence-corrected chi connectivity index (χ3v) is 4.28. The van der Waals surface area contributed by atoms with E-state index in [0.29, 0.717) is 32.4 Å². The Kier molecular flexibility index (Phi) is 6.28. The van der Waals surface area contributed by atoms with Crippen molar-refractivity contribution in [3.8, 4) is 0 Å². The van der Waals surface area contributed by atoms with Crippen LogP contribution in [0.25, 0.3) is 0 Å². The summed E-state index contributed by atoms with van der Waals surface area (Å²) in [6.45, 7) is 2.27. The van der Waals surface area contributed by atoms with E-state index in [2.05, 4.69) is 4.98 Å². The largest absolute Gasteiger partial charge is 0.480 e. The van der Waals surface area contributed by atoms with Gasteiger partial charge in [0.05, 0.1) is 6.42 Å². The average molecular weight is 333 g/mol. The lowest BCUT2D eigenvalue weighted by Crippen LogP contribution is -2.43. The smallest absolute Gasteiger partial charge is 0.323 e. The van der Waals surface area contributed by atoms with Crippen LogP contribution in [0.15, 0.2) is 24.5 Å². The van der Waals surface area contributed by atoms with Crippen molar-refractivity contribution in [3.05, 3.63) is 30.1 Å². The molecule has 7 nitrogen and oxygen atoms in total. The van der Waals surface area contributed by atoms with Crippen molar-refractivity contribution in [3.63, 3.8) is 0 Å². The molecule has 24 heavy (non-hydrogen) atoms. The summed E-state index contributed by atoms with van der Waals surface area (Å²) in [6.07, 6.45) is 5.73. The number of nitrogens with zero attached hydrogens (tertiary/aromatic N) is 3. The van der Waals surface area contributed by atoms with Gasteiger partial charge in [0.1, 0.15) is 6.54 Å². The molecule has 1 fully saturated rings. The van der Waals surface area contributed by atoms with E-state index in [0.717, 1.165) is 12.0 Å². The number of amides is 2. The highest BCUT2D eigenvalue weighted by atomic mass is 16.4. The third-order valence-electron chi connectivity index (χ3n) is 4.28. The quantitative estimate of drug-likeness (QED) is 0.866. The fourth-order valence-electron chi connectivity index (χ4n) is 3.07. The van der Waals surface area contributed by atoms with Crippen molar-refractivity contribution in [2.24, 2.45) is 0 Å². The first kappa shape index (κ1) is 17.9. The van der Waals surface area contributed by atoms with Crippen LogP contribution in [0.5, 0.6) is 0 Å². The van der Waals surface area contributed by atoms with Gasteiger partial charge in [-0.2, -0.15) is 0 Å². The summed E-state index contributed by atoms with van der Waals surface area (Å²) in [5, 5.41) is 8.97. The summed E-state index contributed by atoms with van der Waals surface area (Å²) in [4.78, 5) is 42.3. The standard InChI is InChI=1S/C17H23N3O4/c1-13(21)20(12-17(23)24)15-5-3-8-19(9-6-15)16(22)10-14-4-2-7-18-11-14/h2,4,7,11,15H,3,5-6,8-10,12H2,1H3,(H,23,24). The maximum absolute atomic E-state index is 12.4. The van der Waals surface area contributed by atoms with E-state index >= 15 is 0 Å². The van der Waals surface area contributed by atoms with Crippen LogP contribution in [0.4, 0.5) is 0 Å². The topological polar surface area (TPSA) is 90.8 Å². The molecule has 0 spiro atoms. The van der Waals surface area contributed by atoms with Gasteiger partial charge >= 0.3 is 5.97 Å². The zero-order valence-corrected chi connectivity index (χ0v) is 13.9. The van der Waals surface area contributed by atoms with Crippen LogP contribution in [-0.2, 0) is 20.8 Å². The maximum Gasteiger partial charge on any atom is 0.323 e. The average Bonchev–Trinajstić information content (AvgIpc) is 2.79. The van der Waals surface area contributed by atoms with E-state index in [-0.39, 0.29) is 24.4 Å². The Hall–Kier alpha value is -2.44. The fraction of sp³-hybridized carbons (Fsp3) is 0.529. The minimum Gasteiger partial charge on any atom is -0.480 e. The zero-order chi connectivity index (χ0) is 17.5. The highest BCUT2D eigenvalue weighted by Gasteiger charge is 2.27. The Balaban J connectivity index is 1.95. The SMILES string of the molecule is CC(=O)N(CC(=O)O)C1CCCN(C(=O)Cc2cccnc2)CC1. The fourth-order valence-corrected chi connectivity index (χ4v) is 3.07. The molecule has 0 aliphatic carbocycles. The number of rotatable bonds is 5. The molecule has 2 heterocycles. The van der Waals surface area contributed by atoms with Crippen molar-refractivity contribution < 1.29 is 19.5 Å². The molecule has 1 saturated heterocycles. The van der Waals surface area contributed by atoms with Crippen molar-refractivity contribution in [1.29, 1.82) is 0 Å². The van der Waals surface area contributed by atoms with Crippen LogP contribution in [0.2, 0.25) is 0 Å². The normalized spacial score (nSPS) is 17.9. The number of aromatic nitrogens is 1. The molecular formula is C17H23N3O4. The molecule has 130 valence electrons. The van der Waals surface area contributed by atoms with Gasteiger partial charge in [-0.05, 0) is 30.9 Å². The molecule has 1 N–H and O–H groups in total. The summed E-state index contributed by atoms with van der Waals surface area (Å²) < 4.78 is 0. The first-order valence-corrected chi connectivity index (χ1v) is 8.13. The summed E-state index contributed by atoms with van der Waals surface area (Å²) in [5.74, 6) is -1.22. The lowest BCUT2D eigenvalue weighted by Gasteiger charge is -2.28. The summed E-state index contributed by atoms with van der Waals surface area (Å²) in [5.41, 5.74) is 0.875. The van der Waals surface area contributed by atoms with Crippen LogP contribution in [-0.4, -0.2) is 63.4 Å². The Bertz CT molecular complexity index is 591. The second-order valence-corrected chi connectivity index (χ2v) is 6.04. The molecule has 0 aromatic carbocycles. The first-order chi connectivity index (χ1) is 11.5. The highest BCUT2D eigenvalue weighted by Crippen LogP contribution is 2.18. The van der Waals surface area contributed by atoms with Crippen molar-refractivity contribution >= 4 is 17.8 Å².